The van der Waals surface area contributed by atoms with Crippen LogP contribution in [0.15, 0.2) is 66.9 Å². The molecule has 0 radical (unpaired) electrons. The van der Waals surface area contributed by atoms with Crippen molar-refractivity contribution in [3.63, 3.8) is 0 Å². The molecular weight excluding hydrogens is 416 g/mol. The van der Waals surface area contributed by atoms with E-state index in [-0.39, 0.29) is 24.8 Å². The summed E-state index contributed by atoms with van der Waals surface area (Å²) in [6, 6.07) is 16.1. The molecule has 0 fully saturated rings. The maximum Gasteiger partial charge on any atom is 0.256 e. The van der Waals surface area contributed by atoms with Crippen molar-refractivity contribution in [3.8, 4) is 0 Å². The third kappa shape index (κ3) is 4.41. The third-order valence-corrected chi connectivity index (χ3v) is 5.36. The summed E-state index contributed by atoms with van der Waals surface area (Å²) in [4.78, 5) is 43.8. The summed E-state index contributed by atoms with van der Waals surface area (Å²) in [6.07, 6.45) is 1.90. The normalized spacial score (nSPS) is 15.8. The molecule has 1 atom stereocenters. The number of nitrogens with two attached hydrogens (primary N) is 1. The lowest BCUT2D eigenvalue weighted by molar-refractivity contribution is -0.120. The van der Waals surface area contributed by atoms with E-state index in [2.05, 4.69) is 10.3 Å². The Balaban J connectivity index is 1.73. The number of hydrogen-bond acceptors (Lipinski definition) is 4. The summed E-state index contributed by atoms with van der Waals surface area (Å²) in [5.74, 6) is -1.16. The number of fused-ring (bicyclic) bond motifs is 1. The molecule has 0 saturated carbocycles. The zero-order valence-electron chi connectivity index (χ0n) is 16.4. The number of nitrogens with one attached hydrogen (secondary N) is 1. The van der Waals surface area contributed by atoms with Crippen LogP contribution in [0.1, 0.15) is 32.0 Å². The van der Waals surface area contributed by atoms with Crippen molar-refractivity contribution in [2.75, 3.05) is 5.32 Å². The van der Waals surface area contributed by atoms with E-state index < -0.39 is 11.9 Å². The molecule has 4 rings (SSSR count). The molecule has 156 valence electrons. The van der Waals surface area contributed by atoms with Crippen LogP contribution in [0.3, 0.4) is 0 Å². The van der Waals surface area contributed by atoms with Crippen molar-refractivity contribution in [1.29, 1.82) is 0 Å². The Kier molecular flexibility index (Phi) is 5.68. The maximum absolute atomic E-state index is 13.5. The van der Waals surface area contributed by atoms with Gasteiger partial charge in [-0.15, -0.1) is 0 Å². The van der Waals surface area contributed by atoms with E-state index >= 15 is 0 Å². The lowest BCUT2D eigenvalue weighted by Crippen LogP contribution is -2.46. The molecule has 2 aromatic carbocycles. The van der Waals surface area contributed by atoms with Gasteiger partial charge in [-0.05, 0) is 48.0 Å². The van der Waals surface area contributed by atoms with E-state index in [9.17, 15) is 14.4 Å². The summed E-state index contributed by atoms with van der Waals surface area (Å²) >= 11 is 6.07. The average molecular weight is 435 g/mol. The predicted molar refractivity (Wildman–Crippen MR) is 117 cm³/mol. The summed E-state index contributed by atoms with van der Waals surface area (Å²) < 4.78 is 0. The van der Waals surface area contributed by atoms with Crippen molar-refractivity contribution in [1.82, 2.24) is 9.88 Å². The molecule has 1 aliphatic rings. The summed E-state index contributed by atoms with van der Waals surface area (Å²) in [6.45, 7) is 0.171. The first-order valence-corrected chi connectivity index (χ1v) is 10.00. The molecule has 1 aliphatic heterocycles. The zero-order chi connectivity index (χ0) is 22.0. The van der Waals surface area contributed by atoms with Crippen LogP contribution in [0.2, 0.25) is 5.02 Å². The monoisotopic (exact) mass is 434 g/mol. The quantitative estimate of drug-likeness (QED) is 0.643. The second kappa shape index (κ2) is 8.57. The maximum atomic E-state index is 13.5. The third-order valence-electron chi connectivity index (χ3n) is 5.13. The molecule has 1 aromatic heterocycles. The highest BCUT2D eigenvalue weighted by Gasteiger charge is 2.35. The number of nitrogens with zero attached hydrogens (tertiary/aromatic N) is 2. The first kappa shape index (κ1) is 20.6. The smallest absolute Gasteiger partial charge is 0.256 e. The number of carbonyl (C=O) groups excluding carboxylic acids is 3. The van der Waals surface area contributed by atoms with Crippen LogP contribution in [0, 0.1) is 0 Å². The molecule has 3 amide bonds. The molecule has 7 nitrogen and oxygen atoms in total. The number of carbonyl (C=O) groups is 3. The molecule has 0 spiro atoms. The van der Waals surface area contributed by atoms with Gasteiger partial charge < -0.3 is 16.0 Å². The van der Waals surface area contributed by atoms with Crippen LogP contribution in [0.4, 0.5) is 5.69 Å². The second-order valence-electron chi connectivity index (χ2n) is 7.21. The van der Waals surface area contributed by atoms with Gasteiger partial charge in [0.15, 0.2) is 0 Å². The largest absolute Gasteiger partial charge is 0.366 e. The lowest BCUT2D eigenvalue weighted by atomic mass is 10.0. The average Bonchev–Trinajstić information content (AvgIpc) is 2.85. The minimum absolute atomic E-state index is 0.171. The first-order chi connectivity index (χ1) is 14.9. The van der Waals surface area contributed by atoms with Gasteiger partial charge in [-0.3, -0.25) is 19.4 Å². The fourth-order valence-electron chi connectivity index (χ4n) is 3.53. The Morgan fingerprint density at radius 3 is 2.55 bits per heavy atom. The highest BCUT2D eigenvalue weighted by Crippen LogP contribution is 2.28. The Morgan fingerprint density at radius 2 is 1.87 bits per heavy atom. The van der Waals surface area contributed by atoms with Gasteiger partial charge in [0.1, 0.15) is 6.04 Å². The first-order valence-electron chi connectivity index (χ1n) is 9.62. The Labute approximate surface area is 183 Å². The number of rotatable bonds is 5. The van der Waals surface area contributed by atoms with E-state index in [1.807, 2.05) is 12.1 Å². The summed E-state index contributed by atoms with van der Waals surface area (Å²) in [5.41, 5.74) is 7.86. The molecule has 8 heteroatoms. The fourth-order valence-corrected chi connectivity index (χ4v) is 3.71. The van der Waals surface area contributed by atoms with Gasteiger partial charge >= 0.3 is 0 Å². The summed E-state index contributed by atoms with van der Waals surface area (Å²) in [7, 11) is 0. The van der Waals surface area contributed by atoms with E-state index in [1.165, 1.54) is 4.90 Å². The van der Waals surface area contributed by atoms with E-state index in [0.29, 0.717) is 27.5 Å². The number of primary amides is 1. The number of benzene rings is 2. The van der Waals surface area contributed by atoms with E-state index in [0.717, 1.165) is 5.56 Å². The van der Waals surface area contributed by atoms with Gasteiger partial charge in [0.2, 0.25) is 11.8 Å². The molecule has 31 heavy (non-hydrogen) atoms. The van der Waals surface area contributed by atoms with Crippen LogP contribution in [-0.4, -0.2) is 33.6 Å². The van der Waals surface area contributed by atoms with Crippen LogP contribution < -0.4 is 11.1 Å². The van der Waals surface area contributed by atoms with Crippen molar-refractivity contribution in [2.45, 2.75) is 19.0 Å². The SMILES string of the molecule is NC(=O)c1ccc(CN2C(=O)c3ccc(Cl)cc3NC(=O)C2Cc2ccccn2)cc1. The van der Waals surface area contributed by atoms with Crippen molar-refractivity contribution >= 4 is 35.0 Å². The standard InChI is InChI=1S/C23H19ClN4O3/c24-16-8-9-18-19(11-16)27-22(30)20(12-17-3-1-2-10-26-17)28(23(18)31)13-14-4-6-15(7-5-14)21(25)29/h1-11,20H,12-13H2,(H2,25,29)(H,27,30). The fraction of sp³-hybridized carbons (Fsp3) is 0.130. The molecule has 1 unspecified atom stereocenters. The van der Waals surface area contributed by atoms with Crippen molar-refractivity contribution < 1.29 is 14.4 Å². The molecule has 0 bridgehead atoms. The summed E-state index contributed by atoms with van der Waals surface area (Å²) in [5, 5.41) is 3.25. The van der Waals surface area contributed by atoms with Crippen molar-refractivity contribution in [3.05, 3.63) is 94.3 Å². The topological polar surface area (TPSA) is 105 Å². The van der Waals surface area contributed by atoms with Crippen LogP contribution >= 0.6 is 11.6 Å². The second-order valence-corrected chi connectivity index (χ2v) is 7.65. The highest BCUT2D eigenvalue weighted by molar-refractivity contribution is 6.31. The lowest BCUT2D eigenvalue weighted by Gasteiger charge is -2.28. The predicted octanol–water partition coefficient (Wildman–Crippen LogP) is 3.04. The van der Waals surface area contributed by atoms with Crippen molar-refractivity contribution in [2.24, 2.45) is 5.73 Å². The van der Waals surface area contributed by atoms with Gasteiger partial charge in [0.05, 0.1) is 11.3 Å². The molecule has 3 N–H and O–H groups in total. The number of halogens is 1. The number of amides is 3. The Hall–Kier alpha value is -3.71. The van der Waals surface area contributed by atoms with Gasteiger partial charge in [-0.1, -0.05) is 29.8 Å². The van der Waals surface area contributed by atoms with Gasteiger partial charge in [0.25, 0.3) is 5.91 Å². The minimum Gasteiger partial charge on any atom is -0.366 e. The van der Waals surface area contributed by atoms with E-state index in [1.54, 1.807) is 54.7 Å². The number of pyridine rings is 1. The number of hydrogen-bond donors (Lipinski definition) is 2. The molecular formula is C23H19ClN4O3. The molecule has 0 aliphatic carbocycles. The molecule has 0 saturated heterocycles. The highest BCUT2D eigenvalue weighted by atomic mass is 35.5. The van der Waals surface area contributed by atoms with Crippen LogP contribution in [0.25, 0.3) is 0 Å². The van der Waals surface area contributed by atoms with Gasteiger partial charge in [-0.25, -0.2) is 0 Å². The number of aromatic nitrogens is 1. The minimum atomic E-state index is -0.788. The Bertz CT molecular complexity index is 1150. The van der Waals surface area contributed by atoms with Crippen LogP contribution in [0.5, 0.6) is 0 Å². The van der Waals surface area contributed by atoms with Gasteiger partial charge in [0, 0.05) is 35.4 Å². The number of anilines is 1. The van der Waals surface area contributed by atoms with Gasteiger partial charge in [-0.2, -0.15) is 0 Å². The zero-order valence-corrected chi connectivity index (χ0v) is 17.2. The Morgan fingerprint density at radius 1 is 1.10 bits per heavy atom. The molecule has 2 heterocycles. The molecule has 3 aromatic rings. The van der Waals surface area contributed by atoms with E-state index in [4.69, 9.17) is 17.3 Å². The van der Waals surface area contributed by atoms with Crippen LogP contribution in [-0.2, 0) is 17.8 Å².